The molecular weight excluding hydrogens is 244 g/mol. The van der Waals surface area contributed by atoms with Crippen LogP contribution in [0.3, 0.4) is 0 Å². The number of nitrogens with zero attached hydrogens (tertiary/aromatic N) is 3. The van der Waals surface area contributed by atoms with Crippen LogP contribution in [0, 0.1) is 0 Å². The molecule has 1 aliphatic rings. The van der Waals surface area contributed by atoms with Crippen molar-refractivity contribution < 1.29 is 9.90 Å². The van der Waals surface area contributed by atoms with Crippen molar-refractivity contribution in [3.05, 3.63) is 30.1 Å². The van der Waals surface area contributed by atoms with E-state index in [1.807, 2.05) is 18.2 Å². The number of fused-ring (bicyclic) bond motifs is 1. The lowest BCUT2D eigenvalue weighted by Crippen LogP contribution is -2.31. The number of aromatic nitrogens is 2. The van der Waals surface area contributed by atoms with Crippen LogP contribution in [0.1, 0.15) is 11.6 Å². The Bertz CT molecular complexity index is 609. The van der Waals surface area contributed by atoms with Crippen LogP contribution in [-0.4, -0.2) is 57.6 Å². The Hall–Kier alpha value is -2.08. The highest BCUT2D eigenvalue weighted by Crippen LogP contribution is 2.29. The number of amides is 2. The molecule has 2 heterocycles. The molecule has 2 aromatic rings. The highest BCUT2D eigenvalue weighted by Gasteiger charge is 2.35. The van der Waals surface area contributed by atoms with E-state index in [4.69, 9.17) is 5.11 Å². The molecule has 6 heteroatoms. The molecule has 0 saturated carbocycles. The van der Waals surface area contributed by atoms with Gasteiger partial charge in [0.05, 0.1) is 30.0 Å². The number of H-pyrrole nitrogens is 1. The first-order valence-electron chi connectivity index (χ1n) is 6.26. The van der Waals surface area contributed by atoms with Gasteiger partial charge in [-0.25, -0.2) is 9.78 Å². The fourth-order valence-electron chi connectivity index (χ4n) is 2.56. The topological polar surface area (TPSA) is 72.5 Å². The van der Waals surface area contributed by atoms with Gasteiger partial charge >= 0.3 is 6.03 Å². The summed E-state index contributed by atoms with van der Waals surface area (Å²) in [5.41, 5.74) is 2.97. The fraction of sp³-hybridized carbons (Fsp3) is 0.385. The summed E-state index contributed by atoms with van der Waals surface area (Å²) in [7, 11) is 1.79. The molecule has 1 saturated heterocycles. The van der Waals surface area contributed by atoms with Crippen LogP contribution < -0.4 is 0 Å². The smallest absolute Gasteiger partial charge is 0.320 e. The number of carbonyl (C=O) groups is 1. The minimum Gasteiger partial charge on any atom is -0.395 e. The van der Waals surface area contributed by atoms with Gasteiger partial charge in [0, 0.05) is 20.1 Å². The number of benzene rings is 1. The molecular formula is C13H16N4O2. The van der Waals surface area contributed by atoms with Crippen LogP contribution in [-0.2, 0) is 0 Å². The fourth-order valence-corrected chi connectivity index (χ4v) is 2.56. The quantitative estimate of drug-likeness (QED) is 0.863. The van der Waals surface area contributed by atoms with E-state index in [2.05, 4.69) is 9.97 Å². The number of rotatable bonds is 3. The number of aromatic amines is 1. The normalized spacial score (nSPS) is 19.7. The van der Waals surface area contributed by atoms with Crippen LogP contribution in [0.15, 0.2) is 24.5 Å². The summed E-state index contributed by atoms with van der Waals surface area (Å²) >= 11 is 0. The number of aliphatic hydroxyl groups excluding tert-OH is 1. The van der Waals surface area contributed by atoms with E-state index in [9.17, 15) is 4.79 Å². The molecule has 19 heavy (non-hydrogen) atoms. The van der Waals surface area contributed by atoms with Crippen LogP contribution >= 0.6 is 0 Å². The second kappa shape index (κ2) is 4.55. The first-order valence-corrected chi connectivity index (χ1v) is 6.26. The van der Waals surface area contributed by atoms with E-state index in [1.165, 1.54) is 0 Å². The highest BCUT2D eigenvalue weighted by molar-refractivity contribution is 5.79. The highest BCUT2D eigenvalue weighted by atomic mass is 16.3. The average Bonchev–Trinajstić information content (AvgIpc) is 2.98. The Kier molecular flexibility index (Phi) is 2.87. The number of β-amino-alcohol motifs (C(OH)–C–C–N with tert-alkyl or cyclic N) is 1. The lowest BCUT2D eigenvalue weighted by atomic mass is 10.1. The Morgan fingerprint density at radius 1 is 1.53 bits per heavy atom. The summed E-state index contributed by atoms with van der Waals surface area (Å²) < 4.78 is 0. The van der Waals surface area contributed by atoms with Gasteiger partial charge in [-0.2, -0.15) is 0 Å². The molecule has 1 aliphatic heterocycles. The Morgan fingerprint density at radius 2 is 2.37 bits per heavy atom. The number of imidazole rings is 1. The summed E-state index contributed by atoms with van der Waals surface area (Å²) in [6.45, 7) is 0.980. The number of hydrogen-bond acceptors (Lipinski definition) is 3. The molecule has 2 N–H and O–H groups in total. The molecule has 0 bridgehead atoms. The van der Waals surface area contributed by atoms with Crippen LogP contribution in [0.2, 0.25) is 0 Å². The number of carbonyl (C=O) groups excluding carboxylic acids is 1. The minimum absolute atomic E-state index is 0.00805. The number of aliphatic hydroxyl groups is 1. The number of urea groups is 1. The largest absolute Gasteiger partial charge is 0.395 e. The zero-order valence-corrected chi connectivity index (χ0v) is 10.7. The van der Waals surface area contributed by atoms with E-state index in [-0.39, 0.29) is 18.7 Å². The summed E-state index contributed by atoms with van der Waals surface area (Å²) in [5.74, 6) is 0. The van der Waals surface area contributed by atoms with Crippen molar-refractivity contribution in [1.29, 1.82) is 0 Å². The van der Waals surface area contributed by atoms with Crippen molar-refractivity contribution >= 4 is 17.1 Å². The monoisotopic (exact) mass is 260 g/mol. The van der Waals surface area contributed by atoms with Crippen molar-refractivity contribution in [2.75, 3.05) is 26.7 Å². The lowest BCUT2D eigenvalue weighted by molar-refractivity contribution is 0.182. The molecule has 1 fully saturated rings. The summed E-state index contributed by atoms with van der Waals surface area (Å²) in [6.07, 6.45) is 1.66. The molecule has 6 nitrogen and oxygen atoms in total. The Morgan fingerprint density at radius 3 is 3.16 bits per heavy atom. The van der Waals surface area contributed by atoms with Gasteiger partial charge in [0.25, 0.3) is 0 Å². The maximum atomic E-state index is 12.0. The van der Waals surface area contributed by atoms with Gasteiger partial charge < -0.3 is 19.9 Å². The van der Waals surface area contributed by atoms with Gasteiger partial charge in [-0.3, -0.25) is 0 Å². The molecule has 0 spiro atoms. The Labute approximate surface area is 110 Å². The second-order valence-electron chi connectivity index (χ2n) is 4.76. The van der Waals surface area contributed by atoms with E-state index in [0.717, 1.165) is 16.6 Å². The van der Waals surface area contributed by atoms with Gasteiger partial charge in [0.15, 0.2) is 0 Å². The third-order valence-corrected chi connectivity index (χ3v) is 3.63. The maximum Gasteiger partial charge on any atom is 0.320 e. The molecule has 1 aromatic carbocycles. The van der Waals surface area contributed by atoms with E-state index >= 15 is 0 Å². The molecule has 1 aromatic heterocycles. The van der Waals surface area contributed by atoms with Gasteiger partial charge in [0.2, 0.25) is 0 Å². The summed E-state index contributed by atoms with van der Waals surface area (Å²) in [4.78, 5) is 22.7. The van der Waals surface area contributed by atoms with Crippen molar-refractivity contribution in [3.8, 4) is 0 Å². The molecule has 100 valence electrons. The molecule has 3 rings (SSSR count). The van der Waals surface area contributed by atoms with E-state index in [0.29, 0.717) is 13.1 Å². The maximum absolute atomic E-state index is 12.0. The zero-order chi connectivity index (χ0) is 13.4. The van der Waals surface area contributed by atoms with E-state index < -0.39 is 0 Å². The van der Waals surface area contributed by atoms with Crippen molar-refractivity contribution in [2.45, 2.75) is 6.04 Å². The first-order chi connectivity index (χ1) is 9.20. The predicted octanol–water partition coefficient (Wildman–Crippen LogP) is 0.964. The second-order valence-corrected chi connectivity index (χ2v) is 4.76. The first kappa shape index (κ1) is 12.0. The van der Waals surface area contributed by atoms with Gasteiger partial charge in [-0.05, 0) is 17.7 Å². The van der Waals surface area contributed by atoms with Crippen LogP contribution in [0.4, 0.5) is 4.79 Å². The van der Waals surface area contributed by atoms with Gasteiger partial charge in [0.1, 0.15) is 0 Å². The van der Waals surface area contributed by atoms with Gasteiger partial charge in [-0.15, -0.1) is 0 Å². The SMILES string of the molecule is CN1C(=O)N(CCO)CC1c1ccc2nc[nH]c2c1. The standard InChI is InChI=1S/C13H16N4O2/c1-16-12(7-17(4-5-18)13(16)19)9-2-3-10-11(6-9)15-8-14-10/h2-3,6,8,12,18H,4-5,7H2,1H3,(H,14,15). The van der Waals surface area contributed by atoms with Crippen LogP contribution in [0.25, 0.3) is 11.0 Å². The third kappa shape index (κ3) is 1.94. The number of hydrogen-bond donors (Lipinski definition) is 2. The van der Waals surface area contributed by atoms with Crippen molar-refractivity contribution in [1.82, 2.24) is 19.8 Å². The lowest BCUT2D eigenvalue weighted by Gasteiger charge is -2.17. The molecule has 0 aliphatic carbocycles. The zero-order valence-electron chi connectivity index (χ0n) is 10.7. The van der Waals surface area contributed by atoms with Crippen LogP contribution in [0.5, 0.6) is 0 Å². The number of likely N-dealkylation sites (N-methyl/N-ethyl adjacent to an activating group) is 1. The minimum atomic E-state index is -0.0382. The third-order valence-electron chi connectivity index (χ3n) is 3.63. The number of nitrogens with one attached hydrogen (secondary N) is 1. The molecule has 2 amide bonds. The predicted molar refractivity (Wildman–Crippen MR) is 70.7 cm³/mol. The summed E-state index contributed by atoms with van der Waals surface area (Å²) in [6, 6.07) is 5.96. The van der Waals surface area contributed by atoms with Crippen molar-refractivity contribution in [2.24, 2.45) is 0 Å². The molecule has 1 atom stereocenters. The molecule has 1 unspecified atom stereocenters. The molecule has 0 radical (unpaired) electrons. The summed E-state index contributed by atoms with van der Waals surface area (Å²) in [5, 5.41) is 8.98. The van der Waals surface area contributed by atoms with Gasteiger partial charge in [-0.1, -0.05) is 6.07 Å². The average molecular weight is 260 g/mol. The van der Waals surface area contributed by atoms with E-state index in [1.54, 1.807) is 23.2 Å². The Balaban J connectivity index is 1.91. The van der Waals surface area contributed by atoms with Crippen molar-refractivity contribution in [3.63, 3.8) is 0 Å².